The molecule has 0 N–H and O–H groups in total. The number of benzene rings is 2. The number of ether oxygens (including phenoxy) is 1. The molecule has 114 valence electrons. The summed E-state index contributed by atoms with van der Waals surface area (Å²) >= 11 is 0. The van der Waals surface area contributed by atoms with E-state index in [0.717, 1.165) is 32.1 Å². The Morgan fingerprint density at radius 1 is 0.773 bits per heavy atom. The van der Waals surface area contributed by atoms with Gasteiger partial charge in [-0.1, -0.05) is 72.8 Å². The van der Waals surface area contributed by atoms with Crippen LogP contribution in [0, 0.1) is 0 Å². The third-order valence-corrected chi connectivity index (χ3v) is 4.28. The van der Waals surface area contributed by atoms with Gasteiger partial charge in [-0.15, -0.1) is 0 Å². The van der Waals surface area contributed by atoms with Crippen molar-refractivity contribution in [1.29, 1.82) is 0 Å². The van der Waals surface area contributed by atoms with E-state index in [0.29, 0.717) is 6.10 Å². The van der Waals surface area contributed by atoms with E-state index in [9.17, 15) is 0 Å². The summed E-state index contributed by atoms with van der Waals surface area (Å²) in [6.07, 6.45) is 10.6. The summed E-state index contributed by atoms with van der Waals surface area (Å²) in [5, 5.41) is 0. The highest BCUT2D eigenvalue weighted by molar-refractivity contribution is 5.16. The first kappa shape index (κ1) is 15.1. The minimum Gasteiger partial charge on any atom is -0.371 e. The normalized spacial score (nSPS) is 20.9. The topological polar surface area (TPSA) is 9.23 Å². The Morgan fingerprint density at radius 2 is 1.36 bits per heavy atom. The molecule has 1 heteroatoms. The van der Waals surface area contributed by atoms with Crippen molar-refractivity contribution in [1.82, 2.24) is 0 Å². The van der Waals surface area contributed by atoms with Gasteiger partial charge in [0, 0.05) is 0 Å². The van der Waals surface area contributed by atoms with Crippen LogP contribution in [0.2, 0.25) is 0 Å². The Morgan fingerprint density at radius 3 is 2.00 bits per heavy atom. The average molecular weight is 292 g/mol. The van der Waals surface area contributed by atoms with E-state index >= 15 is 0 Å². The van der Waals surface area contributed by atoms with E-state index in [1.165, 1.54) is 11.1 Å². The summed E-state index contributed by atoms with van der Waals surface area (Å²) in [5.41, 5.74) is 2.80. The highest BCUT2D eigenvalue weighted by Gasteiger charge is 2.17. The molecule has 0 bridgehead atoms. The average Bonchev–Trinajstić information content (AvgIpc) is 2.60. The molecule has 1 nitrogen and oxygen atoms in total. The van der Waals surface area contributed by atoms with Crippen LogP contribution in [-0.4, -0.2) is 12.2 Å². The second-order valence-electron chi connectivity index (χ2n) is 6.01. The zero-order valence-electron chi connectivity index (χ0n) is 13.0. The van der Waals surface area contributed by atoms with Gasteiger partial charge in [0.05, 0.1) is 12.2 Å². The van der Waals surface area contributed by atoms with Gasteiger partial charge in [0.15, 0.2) is 0 Å². The molecule has 0 aromatic heterocycles. The van der Waals surface area contributed by atoms with Gasteiger partial charge in [-0.2, -0.15) is 0 Å². The van der Waals surface area contributed by atoms with Crippen LogP contribution in [0.1, 0.15) is 30.4 Å². The van der Waals surface area contributed by atoms with Crippen molar-refractivity contribution in [2.75, 3.05) is 0 Å². The Balaban J connectivity index is 1.45. The smallest absolute Gasteiger partial charge is 0.0762 e. The van der Waals surface area contributed by atoms with Crippen molar-refractivity contribution in [2.45, 2.75) is 44.3 Å². The third-order valence-electron chi connectivity index (χ3n) is 4.28. The number of rotatable bonds is 6. The van der Waals surface area contributed by atoms with Crippen LogP contribution in [0.15, 0.2) is 72.8 Å². The Bertz CT molecular complexity index is 573. The van der Waals surface area contributed by atoms with Crippen LogP contribution in [0.25, 0.3) is 0 Å². The summed E-state index contributed by atoms with van der Waals surface area (Å²) in [4.78, 5) is 0. The molecular formula is C21H24O. The van der Waals surface area contributed by atoms with Crippen molar-refractivity contribution in [2.24, 2.45) is 0 Å². The Labute approximate surface area is 133 Å². The largest absolute Gasteiger partial charge is 0.371 e. The maximum atomic E-state index is 6.24. The van der Waals surface area contributed by atoms with Gasteiger partial charge in [0.25, 0.3) is 0 Å². The summed E-state index contributed by atoms with van der Waals surface area (Å²) in [6, 6.07) is 21.4. The number of hydrogen-bond donors (Lipinski definition) is 0. The zero-order valence-corrected chi connectivity index (χ0v) is 13.0. The molecule has 0 saturated heterocycles. The quantitative estimate of drug-likeness (QED) is 0.683. The molecule has 0 spiro atoms. The fourth-order valence-corrected chi connectivity index (χ4v) is 3.01. The van der Waals surface area contributed by atoms with E-state index in [2.05, 4.69) is 72.8 Å². The highest BCUT2D eigenvalue weighted by atomic mass is 16.5. The van der Waals surface area contributed by atoms with Crippen LogP contribution < -0.4 is 0 Å². The molecule has 2 aromatic carbocycles. The van der Waals surface area contributed by atoms with Crippen LogP contribution in [0.4, 0.5) is 0 Å². The second-order valence-corrected chi connectivity index (χ2v) is 6.01. The lowest BCUT2D eigenvalue weighted by Crippen LogP contribution is -2.25. The number of hydrogen-bond acceptors (Lipinski definition) is 1. The van der Waals surface area contributed by atoms with Crippen LogP contribution in [0.5, 0.6) is 0 Å². The van der Waals surface area contributed by atoms with Crippen molar-refractivity contribution >= 4 is 0 Å². The van der Waals surface area contributed by atoms with E-state index in [1.807, 2.05) is 0 Å². The standard InChI is InChI=1S/C21H24O/c1-3-8-18(9-4-1)14-16-20-12-7-13-21(22-20)17-15-19-10-5-2-6-11-19/h1-12,20-21H,13-17H2/t20-,21+/m0/s1. The van der Waals surface area contributed by atoms with Crippen molar-refractivity contribution in [3.8, 4) is 0 Å². The molecule has 2 atom stereocenters. The predicted molar refractivity (Wildman–Crippen MR) is 91.9 cm³/mol. The van der Waals surface area contributed by atoms with Gasteiger partial charge in [0.2, 0.25) is 0 Å². The Kier molecular flexibility index (Phi) is 5.44. The molecule has 0 unspecified atom stereocenters. The SMILES string of the molecule is C1=C[C@@H](CCc2ccccc2)O[C@@H](CCc2ccccc2)C1. The monoisotopic (exact) mass is 292 g/mol. The van der Waals surface area contributed by atoms with Crippen LogP contribution in [0.3, 0.4) is 0 Å². The fourth-order valence-electron chi connectivity index (χ4n) is 3.01. The lowest BCUT2D eigenvalue weighted by Gasteiger charge is -2.26. The first-order valence-corrected chi connectivity index (χ1v) is 8.30. The lowest BCUT2D eigenvalue weighted by molar-refractivity contribution is -0.00158. The number of aryl methyl sites for hydroxylation is 2. The maximum absolute atomic E-state index is 6.24. The molecule has 0 aliphatic carbocycles. The molecule has 1 aliphatic heterocycles. The highest BCUT2D eigenvalue weighted by Crippen LogP contribution is 2.20. The minimum absolute atomic E-state index is 0.273. The molecule has 1 heterocycles. The van der Waals surface area contributed by atoms with Gasteiger partial charge in [-0.25, -0.2) is 0 Å². The molecule has 0 saturated carbocycles. The van der Waals surface area contributed by atoms with Gasteiger partial charge in [-0.05, 0) is 43.2 Å². The molecule has 0 fully saturated rings. The summed E-state index contributed by atoms with van der Waals surface area (Å²) in [7, 11) is 0. The van der Waals surface area contributed by atoms with E-state index in [1.54, 1.807) is 0 Å². The summed E-state index contributed by atoms with van der Waals surface area (Å²) < 4.78 is 6.24. The zero-order chi connectivity index (χ0) is 15.0. The van der Waals surface area contributed by atoms with Gasteiger partial charge in [-0.3, -0.25) is 0 Å². The Hall–Kier alpha value is -1.86. The maximum Gasteiger partial charge on any atom is 0.0762 e. The summed E-state index contributed by atoms with van der Waals surface area (Å²) in [6.45, 7) is 0. The first-order valence-electron chi connectivity index (χ1n) is 8.30. The van der Waals surface area contributed by atoms with Crippen molar-refractivity contribution in [3.05, 3.63) is 83.9 Å². The molecular weight excluding hydrogens is 268 g/mol. The van der Waals surface area contributed by atoms with Crippen molar-refractivity contribution < 1.29 is 4.74 Å². The summed E-state index contributed by atoms with van der Waals surface area (Å²) in [5.74, 6) is 0. The minimum atomic E-state index is 0.273. The molecule has 0 radical (unpaired) electrons. The lowest BCUT2D eigenvalue weighted by atomic mass is 10.0. The van der Waals surface area contributed by atoms with E-state index in [4.69, 9.17) is 4.74 Å². The predicted octanol–water partition coefficient (Wildman–Crippen LogP) is 4.97. The van der Waals surface area contributed by atoms with Gasteiger partial charge in [0.1, 0.15) is 0 Å². The van der Waals surface area contributed by atoms with Crippen LogP contribution >= 0.6 is 0 Å². The molecule has 0 amide bonds. The van der Waals surface area contributed by atoms with E-state index < -0.39 is 0 Å². The van der Waals surface area contributed by atoms with Gasteiger partial charge >= 0.3 is 0 Å². The van der Waals surface area contributed by atoms with Crippen molar-refractivity contribution in [3.63, 3.8) is 0 Å². The molecule has 3 rings (SSSR count). The van der Waals surface area contributed by atoms with Crippen LogP contribution in [-0.2, 0) is 17.6 Å². The first-order chi connectivity index (χ1) is 10.9. The van der Waals surface area contributed by atoms with Gasteiger partial charge < -0.3 is 4.74 Å². The molecule has 1 aliphatic rings. The second kappa shape index (κ2) is 7.95. The van der Waals surface area contributed by atoms with E-state index in [-0.39, 0.29) is 6.10 Å². The fraction of sp³-hybridized carbons (Fsp3) is 0.333. The third kappa shape index (κ3) is 4.57. The molecule has 2 aromatic rings. The molecule has 22 heavy (non-hydrogen) atoms.